The quantitative estimate of drug-likeness (QED) is 0.278. The Balaban J connectivity index is 1.60. The first-order valence-electron chi connectivity index (χ1n) is 12.4. The smallest absolute Gasteiger partial charge is 0.268 e. The molecule has 0 aliphatic heterocycles. The Bertz CT molecular complexity index is 1170. The number of hydrogen-bond acceptors (Lipinski definition) is 5. The molecule has 2 atom stereocenters. The summed E-state index contributed by atoms with van der Waals surface area (Å²) in [6.45, 7) is 6.74. The predicted octanol–water partition coefficient (Wildman–Crippen LogP) is 4.15. The lowest BCUT2D eigenvalue weighted by Crippen LogP contribution is -2.53. The van der Waals surface area contributed by atoms with Crippen molar-refractivity contribution in [3.05, 3.63) is 64.4 Å². The first-order valence-corrected chi connectivity index (χ1v) is 12.8. The fourth-order valence-electron chi connectivity index (χ4n) is 3.38. The van der Waals surface area contributed by atoms with Crippen molar-refractivity contribution >= 4 is 23.4 Å². The Kier molecular flexibility index (Phi) is 11.0. The zero-order valence-corrected chi connectivity index (χ0v) is 22.1. The number of hydroxylamine groups is 1. The van der Waals surface area contributed by atoms with Crippen molar-refractivity contribution < 1.29 is 19.2 Å². The Hall–Kier alpha value is -3.36. The summed E-state index contributed by atoms with van der Waals surface area (Å²) < 4.78 is 5.82. The molecule has 1 fully saturated rings. The van der Waals surface area contributed by atoms with E-state index in [1.165, 1.54) is 6.42 Å². The van der Waals surface area contributed by atoms with Crippen LogP contribution in [-0.2, 0) is 14.4 Å². The number of rotatable bonds is 10. The van der Waals surface area contributed by atoms with E-state index in [0.717, 1.165) is 12.8 Å². The third-order valence-electron chi connectivity index (χ3n) is 5.80. The number of carbonyl (C=O) groups excluding carboxylic acids is 2. The van der Waals surface area contributed by atoms with E-state index in [1.54, 1.807) is 49.5 Å². The minimum atomic E-state index is -0.912. The number of pyridine rings is 1. The standard InChI is InChI=1S/C29H32ClN3O4/c1-20(2)18-36-21(3)27(29(35)33-37-19-24-9-6-10-24)32-28(34)25-14-11-22(12-15-25)7-4-5-8-23-13-16-26(30)31-17-23/h11-17,20-21,24,27H,6,9-10,18-19H2,1-3H3,(H,32,34)(H,33,35)/t21?,27-/m0/s1. The van der Waals surface area contributed by atoms with Gasteiger partial charge < -0.3 is 10.1 Å². The van der Waals surface area contributed by atoms with Crippen LogP contribution in [0.15, 0.2) is 42.6 Å². The number of benzene rings is 1. The highest BCUT2D eigenvalue weighted by atomic mass is 35.5. The van der Waals surface area contributed by atoms with E-state index in [2.05, 4.69) is 39.5 Å². The molecule has 0 radical (unpaired) electrons. The molecule has 1 saturated carbocycles. The van der Waals surface area contributed by atoms with E-state index < -0.39 is 24.0 Å². The molecule has 8 heteroatoms. The predicted molar refractivity (Wildman–Crippen MR) is 142 cm³/mol. The summed E-state index contributed by atoms with van der Waals surface area (Å²) in [6.07, 6.45) is 4.44. The van der Waals surface area contributed by atoms with Crippen molar-refractivity contribution in [1.82, 2.24) is 15.8 Å². The molecule has 2 N–H and O–H groups in total. The van der Waals surface area contributed by atoms with Crippen LogP contribution in [0.5, 0.6) is 0 Å². The second-order valence-corrected chi connectivity index (χ2v) is 9.79. The van der Waals surface area contributed by atoms with E-state index >= 15 is 0 Å². The maximum atomic E-state index is 12.9. The van der Waals surface area contributed by atoms with Crippen LogP contribution >= 0.6 is 11.6 Å². The van der Waals surface area contributed by atoms with E-state index in [9.17, 15) is 9.59 Å². The minimum Gasteiger partial charge on any atom is -0.376 e. The molecule has 7 nitrogen and oxygen atoms in total. The summed E-state index contributed by atoms with van der Waals surface area (Å²) in [4.78, 5) is 35.1. The van der Waals surface area contributed by atoms with Crippen molar-refractivity contribution in [2.75, 3.05) is 13.2 Å². The number of aromatic nitrogens is 1. The van der Waals surface area contributed by atoms with Gasteiger partial charge >= 0.3 is 0 Å². The van der Waals surface area contributed by atoms with Gasteiger partial charge in [0.25, 0.3) is 11.8 Å². The fraction of sp³-hybridized carbons (Fsp3) is 0.414. The first kappa shape index (κ1) is 28.2. The van der Waals surface area contributed by atoms with Crippen LogP contribution in [0.2, 0.25) is 5.15 Å². The Morgan fingerprint density at radius 1 is 1.05 bits per heavy atom. The molecule has 2 aromatic rings. The third-order valence-corrected chi connectivity index (χ3v) is 6.02. The molecule has 2 amide bonds. The topological polar surface area (TPSA) is 89.5 Å². The van der Waals surface area contributed by atoms with Crippen molar-refractivity contribution in [2.24, 2.45) is 11.8 Å². The van der Waals surface area contributed by atoms with Crippen LogP contribution in [-0.4, -0.2) is 42.2 Å². The molecule has 0 spiro atoms. The van der Waals surface area contributed by atoms with Gasteiger partial charge in [0.15, 0.2) is 0 Å². The second-order valence-electron chi connectivity index (χ2n) is 9.40. The van der Waals surface area contributed by atoms with Crippen LogP contribution < -0.4 is 10.8 Å². The van der Waals surface area contributed by atoms with Gasteiger partial charge in [-0.15, -0.1) is 0 Å². The van der Waals surface area contributed by atoms with Crippen LogP contribution in [0.25, 0.3) is 0 Å². The minimum absolute atomic E-state index is 0.290. The maximum absolute atomic E-state index is 12.9. The molecule has 1 heterocycles. The van der Waals surface area contributed by atoms with Crippen LogP contribution in [0.3, 0.4) is 0 Å². The number of halogens is 1. The van der Waals surface area contributed by atoms with Crippen molar-refractivity contribution in [3.8, 4) is 23.7 Å². The average molecular weight is 522 g/mol. The van der Waals surface area contributed by atoms with E-state index in [-0.39, 0.29) is 5.92 Å². The van der Waals surface area contributed by atoms with Crippen LogP contribution in [0, 0.1) is 35.5 Å². The van der Waals surface area contributed by atoms with Crippen molar-refractivity contribution in [1.29, 1.82) is 0 Å². The van der Waals surface area contributed by atoms with E-state index in [4.69, 9.17) is 21.2 Å². The van der Waals surface area contributed by atoms with Gasteiger partial charge in [-0.2, -0.15) is 0 Å². The lowest BCUT2D eigenvalue weighted by atomic mass is 9.86. The SMILES string of the molecule is CC(C)COC(C)[C@H](NC(=O)c1ccc(C#CC#Cc2ccc(Cl)nc2)cc1)C(=O)NOCC1CCC1. The summed E-state index contributed by atoms with van der Waals surface area (Å²) in [5.74, 6) is 11.3. The number of nitrogens with one attached hydrogen (secondary N) is 2. The molecule has 1 aliphatic rings. The number of carbonyl (C=O) groups is 2. The Morgan fingerprint density at radius 3 is 2.32 bits per heavy atom. The largest absolute Gasteiger partial charge is 0.376 e. The van der Waals surface area contributed by atoms with E-state index in [0.29, 0.717) is 41.0 Å². The molecule has 1 unspecified atom stereocenters. The average Bonchev–Trinajstić information content (AvgIpc) is 2.86. The maximum Gasteiger partial charge on any atom is 0.268 e. The lowest BCUT2D eigenvalue weighted by molar-refractivity contribution is -0.141. The Labute approximate surface area is 223 Å². The van der Waals surface area contributed by atoms with Gasteiger partial charge in [-0.3, -0.25) is 14.4 Å². The molecule has 0 bridgehead atoms. The zero-order chi connectivity index (χ0) is 26.6. The molecule has 37 heavy (non-hydrogen) atoms. The molecule has 3 rings (SSSR count). The highest BCUT2D eigenvalue weighted by molar-refractivity contribution is 6.29. The van der Waals surface area contributed by atoms with Crippen LogP contribution in [0.1, 0.15) is 61.5 Å². The number of hydrogen-bond donors (Lipinski definition) is 2. The third kappa shape index (κ3) is 9.55. The second kappa shape index (κ2) is 14.4. The molecule has 194 valence electrons. The molecular weight excluding hydrogens is 490 g/mol. The van der Waals surface area contributed by atoms with Crippen LogP contribution in [0.4, 0.5) is 0 Å². The molecule has 1 aromatic carbocycles. The van der Waals surface area contributed by atoms with Gasteiger partial charge in [0.1, 0.15) is 11.2 Å². The van der Waals surface area contributed by atoms with E-state index in [1.807, 2.05) is 13.8 Å². The fourth-order valence-corrected chi connectivity index (χ4v) is 3.49. The van der Waals surface area contributed by atoms with Gasteiger partial charge in [-0.1, -0.05) is 43.7 Å². The summed E-state index contributed by atoms with van der Waals surface area (Å²) in [7, 11) is 0. The number of ether oxygens (including phenoxy) is 1. The van der Waals surface area contributed by atoms with Gasteiger partial charge in [0.2, 0.25) is 0 Å². The van der Waals surface area contributed by atoms with Crippen molar-refractivity contribution in [2.45, 2.75) is 52.2 Å². The van der Waals surface area contributed by atoms with Gasteiger partial charge in [0, 0.05) is 29.5 Å². The highest BCUT2D eigenvalue weighted by Crippen LogP contribution is 2.25. The zero-order valence-electron chi connectivity index (χ0n) is 21.3. The normalized spacial score (nSPS) is 14.3. The van der Waals surface area contributed by atoms with Gasteiger partial charge in [-0.25, -0.2) is 10.5 Å². The first-order chi connectivity index (χ1) is 17.8. The molecule has 1 aromatic heterocycles. The summed E-state index contributed by atoms with van der Waals surface area (Å²) in [6, 6.07) is 9.27. The lowest BCUT2D eigenvalue weighted by Gasteiger charge is -2.27. The summed E-state index contributed by atoms with van der Waals surface area (Å²) in [5, 5.41) is 3.19. The van der Waals surface area contributed by atoms with Gasteiger partial charge in [-0.05, 0) is 79.8 Å². The Morgan fingerprint density at radius 2 is 1.73 bits per heavy atom. The summed E-state index contributed by atoms with van der Waals surface area (Å²) in [5.41, 5.74) is 4.29. The summed E-state index contributed by atoms with van der Waals surface area (Å²) >= 11 is 5.76. The molecule has 1 aliphatic carbocycles. The number of amides is 2. The van der Waals surface area contributed by atoms with Crippen molar-refractivity contribution in [3.63, 3.8) is 0 Å². The van der Waals surface area contributed by atoms with Gasteiger partial charge in [0.05, 0.1) is 12.7 Å². The molecular formula is C29H32ClN3O4. The molecule has 0 saturated heterocycles. The number of nitrogens with zero attached hydrogens (tertiary/aromatic N) is 1. The highest BCUT2D eigenvalue weighted by Gasteiger charge is 2.29. The monoisotopic (exact) mass is 521 g/mol.